The van der Waals surface area contributed by atoms with E-state index in [-0.39, 0.29) is 5.91 Å². The summed E-state index contributed by atoms with van der Waals surface area (Å²) in [5.74, 6) is -0.227. The Morgan fingerprint density at radius 3 is 2.68 bits per heavy atom. The number of hydrogen-bond acceptors (Lipinski definition) is 3. The molecule has 6 heteroatoms. The van der Waals surface area contributed by atoms with Crippen LogP contribution in [0.4, 0.5) is 5.69 Å². The second kappa shape index (κ2) is 5.99. The van der Waals surface area contributed by atoms with Crippen LogP contribution in [0.2, 0.25) is 5.02 Å². The summed E-state index contributed by atoms with van der Waals surface area (Å²) in [4.78, 5) is 16.2. The quantitative estimate of drug-likeness (QED) is 0.806. The standard InChI is InChI=1S/C16H13ClN4O/c1-21-15(16(22)19-13-5-7-18-8-6-13)10-14(20-21)11-3-2-4-12(17)9-11/h2-10H,1H3,(H,18,19,22). The highest BCUT2D eigenvalue weighted by atomic mass is 35.5. The van der Waals surface area contributed by atoms with Crippen molar-refractivity contribution >= 4 is 23.2 Å². The Labute approximate surface area is 132 Å². The molecule has 0 aliphatic heterocycles. The van der Waals surface area contributed by atoms with Crippen molar-refractivity contribution in [1.82, 2.24) is 14.8 Å². The molecule has 3 rings (SSSR count). The van der Waals surface area contributed by atoms with Crippen molar-refractivity contribution < 1.29 is 4.79 Å². The maximum absolute atomic E-state index is 12.3. The van der Waals surface area contributed by atoms with Gasteiger partial charge in [-0.3, -0.25) is 14.5 Å². The topological polar surface area (TPSA) is 59.8 Å². The third kappa shape index (κ3) is 2.99. The van der Waals surface area contributed by atoms with Crippen LogP contribution >= 0.6 is 11.6 Å². The molecule has 110 valence electrons. The van der Waals surface area contributed by atoms with Gasteiger partial charge in [0.05, 0.1) is 5.69 Å². The van der Waals surface area contributed by atoms with E-state index < -0.39 is 0 Å². The van der Waals surface area contributed by atoms with Crippen LogP contribution in [0.1, 0.15) is 10.5 Å². The van der Waals surface area contributed by atoms with Crippen LogP contribution < -0.4 is 5.32 Å². The van der Waals surface area contributed by atoms with Crippen LogP contribution in [0, 0.1) is 0 Å². The molecule has 0 radical (unpaired) electrons. The first-order chi connectivity index (χ1) is 10.6. The van der Waals surface area contributed by atoms with E-state index in [1.165, 1.54) is 0 Å². The van der Waals surface area contributed by atoms with Crippen molar-refractivity contribution in [1.29, 1.82) is 0 Å². The van der Waals surface area contributed by atoms with Crippen LogP contribution in [0.25, 0.3) is 11.3 Å². The van der Waals surface area contributed by atoms with Gasteiger partial charge in [-0.15, -0.1) is 0 Å². The highest BCUT2D eigenvalue weighted by Crippen LogP contribution is 2.22. The number of carbonyl (C=O) groups is 1. The van der Waals surface area contributed by atoms with Gasteiger partial charge in [0.25, 0.3) is 5.91 Å². The first-order valence-electron chi connectivity index (χ1n) is 6.65. The van der Waals surface area contributed by atoms with Crippen molar-refractivity contribution in [2.45, 2.75) is 0 Å². The van der Waals surface area contributed by atoms with E-state index in [9.17, 15) is 4.79 Å². The van der Waals surface area contributed by atoms with Gasteiger partial charge in [0.15, 0.2) is 0 Å². The predicted octanol–water partition coefficient (Wildman–Crippen LogP) is 3.39. The minimum Gasteiger partial charge on any atom is -0.321 e. The van der Waals surface area contributed by atoms with Crippen LogP contribution in [-0.4, -0.2) is 20.7 Å². The molecule has 0 aliphatic carbocycles. The van der Waals surface area contributed by atoms with Gasteiger partial charge in [-0.1, -0.05) is 23.7 Å². The first kappa shape index (κ1) is 14.3. The minimum absolute atomic E-state index is 0.227. The summed E-state index contributed by atoms with van der Waals surface area (Å²) >= 11 is 5.99. The Kier molecular flexibility index (Phi) is 3.89. The van der Waals surface area contributed by atoms with Gasteiger partial charge in [-0.25, -0.2) is 0 Å². The summed E-state index contributed by atoms with van der Waals surface area (Å²) < 4.78 is 1.55. The molecule has 0 spiro atoms. The lowest BCUT2D eigenvalue weighted by Gasteiger charge is -2.04. The number of aromatic nitrogens is 3. The summed E-state index contributed by atoms with van der Waals surface area (Å²) in [7, 11) is 1.73. The van der Waals surface area contributed by atoms with Gasteiger partial charge in [0.2, 0.25) is 0 Å². The van der Waals surface area contributed by atoms with Gasteiger partial charge in [0.1, 0.15) is 5.69 Å². The average molecular weight is 313 g/mol. The zero-order valence-corrected chi connectivity index (χ0v) is 12.6. The number of nitrogens with one attached hydrogen (secondary N) is 1. The number of benzene rings is 1. The highest BCUT2D eigenvalue weighted by Gasteiger charge is 2.14. The second-order valence-electron chi connectivity index (χ2n) is 4.74. The van der Waals surface area contributed by atoms with Gasteiger partial charge in [0, 0.05) is 35.7 Å². The molecule has 1 N–H and O–H groups in total. The lowest BCUT2D eigenvalue weighted by Crippen LogP contribution is -2.15. The Morgan fingerprint density at radius 2 is 1.95 bits per heavy atom. The van der Waals surface area contributed by atoms with E-state index in [0.29, 0.717) is 22.1 Å². The third-order valence-electron chi connectivity index (χ3n) is 3.17. The zero-order valence-electron chi connectivity index (χ0n) is 11.8. The van der Waals surface area contributed by atoms with E-state index in [2.05, 4.69) is 15.4 Å². The number of amides is 1. The van der Waals surface area contributed by atoms with Gasteiger partial charge in [-0.2, -0.15) is 5.10 Å². The molecular weight excluding hydrogens is 300 g/mol. The molecule has 1 amide bonds. The number of pyridine rings is 1. The van der Waals surface area contributed by atoms with E-state index in [0.717, 1.165) is 5.56 Å². The van der Waals surface area contributed by atoms with Crippen molar-refractivity contribution in [2.75, 3.05) is 5.32 Å². The lowest BCUT2D eigenvalue weighted by atomic mass is 10.1. The number of carbonyl (C=O) groups excluding carboxylic acids is 1. The molecule has 1 aromatic carbocycles. The Hall–Kier alpha value is -2.66. The maximum atomic E-state index is 12.3. The molecule has 5 nitrogen and oxygen atoms in total. The molecule has 0 unspecified atom stereocenters. The van der Waals surface area contributed by atoms with E-state index in [1.54, 1.807) is 48.4 Å². The number of rotatable bonds is 3. The SMILES string of the molecule is Cn1nc(-c2cccc(Cl)c2)cc1C(=O)Nc1ccncc1. The summed E-state index contributed by atoms with van der Waals surface area (Å²) in [5.41, 5.74) is 2.72. The molecule has 0 atom stereocenters. The first-order valence-corrected chi connectivity index (χ1v) is 7.02. The highest BCUT2D eigenvalue weighted by molar-refractivity contribution is 6.30. The largest absolute Gasteiger partial charge is 0.321 e. The predicted molar refractivity (Wildman–Crippen MR) is 85.8 cm³/mol. The van der Waals surface area contributed by atoms with Crippen LogP contribution in [0.5, 0.6) is 0 Å². The normalized spacial score (nSPS) is 10.5. The lowest BCUT2D eigenvalue weighted by molar-refractivity contribution is 0.101. The molecule has 0 bridgehead atoms. The zero-order chi connectivity index (χ0) is 15.5. The maximum Gasteiger partial charge on any atom is 0.273 e. The van der Waals surface area contributed by atoms with Crippen molar-refractivity contribution in [3.05, 3.63) is 65.6 Å². The molecule has 3 aromatic rings. The number of anilines is 1. The van der Waals surface area contributed by atoms with E-state index in [1.807, 2.05) is 18.2 Å². The summed E-state index contributed by atoms with van der Waals surface area (Å²) in [6.07, 6.45) is 3.24. The number of nitrogens with zero attached hydrogens (tertiary/aromatic N) is 3. The fourth-order valence-electron chi connectivity index (χ4n) is 2.10. The molecule has 0 saturated heterocycles. The van der Waals surface area contributed by atoms with E-state index >= 15 is 0 Å². The van der Waals surface area contributed by atoms with Crippen LogP contribution in [0.15, 0.2) is 54.9 Å². The summed E-state index contributed by atoms with van der Waals surface area (Å²) in [5, 5.41) is 7.81. The van der Waals surface area contributed by atoms with Gasteiger partial charge in [-0.05, 0) is 30.3 Å². The van der Waals surface area contributed by atoms with Crippen molar-refractivity contribution in [3.63, 3.8) is 0 Å². The monoisotopic (exact) mass is 312 g/mol. The smallest absolute Gasteiger partial charge is 0.273 e. The fraction of sp³-hybridized carbons (Fsp3) is 0.0625. The van der Waals surface area contributed by atoms with Gasteiger partial charge >= 0.3 is 0 Å². The summed E-state index contributed by atoms with van der Waals surface area (Å²) in [6.45, 7) is 0. The van der Waals surface area contributed by atoms with Crippen LogP contribution in [-0.2, 0) is 7.05 Å². The molecular formula is C16H13ClN4O. The number of aryl methyl sites for hydroxylation is 1. The Balaban J connectivity index is 1.88. The Bertz CT molecular complexity index is 814. The minimum atomic E-state index is -0.227. The van der Waals surface area contributed by atoms with Crippen molar-refractivity contribution in [2.24, 2.45) is 7.05 Å². The molecule has 0 fully saturated rings. The third-order valence-corrected chi connectivity index (χ3v) is 3.41. The number of halogens is 1. The van der Waals surface area contributed by atoms with E-state index in [4.69, 9.17) is 11.6 Å². The fourth-order valence-corrected chi connectivity index (χ4v) is 2.29. The number of hydrogen-bond donors (Lipinski definition) is 1. The second-order valence-corrected chi connectivity index (χ2v) is 5.18. The molecule has 2 aromatic heterocycles. The average Bonchev–Trinajstić information content (AvgIpc) is 2.90. The van der Waals surface area contributed by atoms with Crippen LogP contribution in [0.3, 0.4) is 0 Å². The van der Waals surface area contributed by atoms with Gasteiger partial charge < -0.3 is 5.32 Å². The summed E-state index contributed by atoms with van der Waals surface area (Å²) in [6, 6.07) is 12.6. The van der Waals surface area contributed by atoms with Crippen molar-refractivity contribution in [3.8, 4) is 11.3 Å². The molecule has 0 saturated carbocycles. The molecule has 2 heterocycles. The Morgan fingerprint density at radius 1 is 1.18 bits per heavy atom. The molecule has 0 aliphatic rings. The molecule has 22 heavy (non-hydrogen) atoms.